The van der Waals surface area contributed by atoms with Gasteiger partial charge in [-0.25, -0.2) is 4.79 Å². The molecule has 1 saturated heterocycles. The van der Waals surface area contributed by atoms with Gasteiger partial charge in [-0.1, -0.05) is 12.1 Å². The normalized spacial score (nSPS) is 17.2. The van der Waals surface area contributed by atoms with E-state index in [0.717, 1.165) is 0 Å². The summed E-state index contributed by atoms with van der Waals surface area (Å²) in [5.41, 5.74) is 2.14. The second kappa shape index (κ2) is 9.44. The number of esters is 1. The minimum absolute atomic E-state index is 0.000503. The highest BCUT2D eigenvalue weighted by molar-refractivity contribution is 6.46. The van der Waals surface area contributed by atoms with Gasteiger partial charge in [0.15, 0.2) is 0 Å². The predicted molar refractivity (Wildman–Crippen MR) is 119 cm³/mol. The first kappa shape index (κ1) is 21.9. The largest absolute Gasteiger partial charge is 0.507 e. The first-order valence-corrected chi connectivity index (χ1v) is 10.4. The molecule has 1 N–H and O–H groups in total. The highest BCUT2D eigenvalue weighted by Crippen LogP contribution is 2.40. The molecule has 4 rings (SSSR count). The number of carbonyl (C=O) groups is 3. The molecule has 1 fully saturated rings. The molecule has 1 aliphatic rings. The lowest BCUT2D eigenvalue weighted by atomic mass is 9.96. The van der Waals surface area contributed by atoms with Gasteiger partial charge < -0.3 is 14.7 Å². The van der Waals surface area contributed by atoms with E-state index in [2.05, 4.69) is 9.97 Å². The maximum atomic E-state index is 13.0. The number of carbonyl (C=O) groups excluding carboxylic acids is 3. The zero-order valence-corrected chi connectivity index (χ0v) is 17.8. The van der Waals surface area contributed by atoms with E-state index >= 15 is 0 Å². The number of amides is 1. The van der Waals surface area contributed by atoms with Crippen LogP contribution in [0.1, 0.15) is 40.0 Å². The number of rotatable bonds is 6. The molecule has 0 aliphatic carbocycles. The van der Waals surface area contributed by atoms with Gasteiger partial charge in [-0.15, -0.1) is 0 Å². The SMILES string of the molecule is CCOC(=O)c1ccc(CN2C(=O)C(=O)/C(=C(/O)c3ccncc3)C2c2ccncc2)cc1. The summed E-state index contributed by atoms with van der Waals surface area (Å²) in [6, 6.07) is 12.4. The minimum atomic E-state index is -0.800. The van der Waals surface area contributed by atoms with E-state index in [4.69, 9.17) is 4.74 Å². The Morgan fingerprint density at radius 2 is 1.55 bits per heavy atom. The Morgan fingerprint density at radius 1 is 0.939 bits per heavy atom. The molecule has 1 amide bonds. The molecule has 1 atom stereocenters. The highest BCUT2D eigenvalue weighted by atomic mass is 16.5. The predicted octanol–water partition coefficient (Wildman–Crippen LogP) is 3.28. The van der Waals surface area contributed by atoms with Crippen molar-refractivity contribution in [1.82, 2.24) is 14.9 Å². The van der Waals surface area contributed by atoms with Crippen LogP contribution in [0.2, 0.25) is 0 Å². The van der Waals surface area contributed by atoms with Crippen LogP contribution in [-0.2, 0) is 20.9 Å². The molecule has 1 unspecified atom stereocenters. The molecule has 2 aromatic heterocycles. The van der Waals surface area contributed by atoms with Gasteiger partial charge in [0.25, 0.3) is 11.7 Å². The fraction of sp³-hybridized carbons (Fsp3) is 0.160. The van der Waals surface area contributed by atoms with Crippen molar-refractivity contribution in [3.05, 3.63) is 101 Å². The van der Waals surface area contributed by atoms with Crippen molar-refractivity contribution in [2.75, 3.05) is 6.61 Å². The summed E-state index contributed by atoms with van der Waals surface area (Å²) in [7, 11) is 0. The van der Waals surface area contributed by atoms with Crippen molar-refractivity contribution in [3.63, 3.8) is 0 Å². The standard InChI is InChI=1S/C25H21N3O5/c1-2-33-25(32)19-5-3-16(4-6-19)15-28-21(17-7-11-26-12-8-17)20(23(30)24(28)31)22(29)18-9-13-27-14-10-18/h3-14,21,29H,2,15H2,1H3/b22-20+. The zero-order valence-electron chi connectivity index (χ0n) is 17.8. The number of likely N-dealkylation sites (tertiary alicyclic amines) is 1. The van der Waals surface area contributed by atoms with Crippen LogP contribution in [0.5, 0.6) is 0 Å². The molecule has 3 aromatic rings. The van der Waals surface area contributed by atoms with Gasteiger partial charge in [0.2, 0.25) is 0 Å². The zero-order chi connectivity index (χ0) is 23.4. The molecule has 0 radical (unpaired) electrons. The smallest absolute Gasteiger partial charge is 0.338 e. The molecule has 3 heterocycles. The number of aliphatic hydroxyl groups is 1. The number of ketones is 1. The minimum Gasteiger partial charge on any atom is -0.507 e. The Labute approximate surface area is 190 Å². The molecule has 8 heteroatoms. The van der Waals surface area contributed by atoms with E-state index in [1.54, 1.807) is 67.8 Å². The molecule has 166 valence electrons. The number of ether oxygens (including phenoxy) is 1. The monoisotopic (exact) mass is 443 g/mol. The summed E-state index contributed by atoms with van der Waals surface area (Å²) >= 11 is 0. The summed E-state index contributed by atoms with van der Waals surface area (Å²) < 4.78 is 5.00. The fourth-order valence-electron chi connectivity index (χ4n) is 3.76. The second-order valence-electron chi connectivity index (χ2n) is 7.36. The lowest BCUT2D eigenvalue weighted by molar-refractivity contribution is -0.140. The maximum absolute atomic E-state index is 13.0. The van der Waals surface area contributed by atoms with Crippen LogP contribution in [0.25, 0.3) is 5.76 Å². The molecule has 8 nitrogen and oxygen atoms in total. The lowest BCUT2D eigenvalue weighted by Gasteiger charge is -2.25. The van der Waals surface area contributed by atoms with Crippen LogP contribution in [0.15, 0.2) is 78.9 Å². The van der Waals surface area contributed by atoms with Crippen molar-refractivity contribution in [2.45, 2.75) is 19.5 Å². The van der Waals surface area contributed by atoms with Crippen LogP contribution >= 0.6 is 0 Å². The number of pyridine rings is 2. The summed E-state index contributed by atoms with van der Waals surface area (Å²) in [5.74, 6) is -2.19. The van der Waals surface area contributed by atoms with Crippen molar-refractivity contribution in [2.24, 2.45) is 0 Å². The molecule has 0 spiro atoms. The second-order valence-corrected chi connectivity index (χ2v) is 7.36. The summed E-state index contributed by atoms with van der Waals surface area (Å²) in [6.45, 7) is 2.11. The third-order valence-electron chi connectivity index (χ3n) is 5.33. The van der Waals surface area contributed by atoms with E-state index < -0.39 is 23.7 Å². The number of hydrogen-bond donors (Lipinski definition) is 1. The van der Waals surface area contributed by atoms with Crippen molar-refractivity contribution >= 4 is 23.4 Å². The van der Waals surface area contributed by atoms with Gasteiger partial charge >= 0.3 is 5.97 Å². The van der Waals surface area contributed by atoms with Crippen molar-refractivity contribution in [1.29, 1.82) is 0 Å². The Balaban J connectivity index is 1.73. The van der Waals surface area contributed by atoms with E-state index in [9.17, 15) is 19.5 Å². The molecule has 0 bridgehead atoms. The molecule has 1 aliphatic heterocycles. The van der Waals surface area contributed by atoms with Gasteiger partial charge in [0.1, 0.15) is 5.76 Å². The van der Waals surface area contributed by atoms with E-state index in [1.807, 2.05) is 0 Å². The fourth-order valence-corrected chi connectivity index (χ4v) is 3.76. The van der Waals surface area contributed by atoms with Gasteiger partial charge in [0, 0.05) is 36.9 Å². The van der Waals surface area contributed by atoms with E-state index in [-0.39, 0.29) is 24.5 Å². The number of nitrogens with zero attached hydrogens (tertiary/aromatic N) is 3. The molecular formula is C25H21N3O5. The lowest BCUT2D eigenvalue weighted by Crippen LogP contribution is -2.29. The first-order chi connectivity index (χ1) is 16.0. The van der Waals surface area contributed by atoms with Crippen LogP contribution in [0.4, 0.5) is 0 Å². The number of aromatic nitrogens is 2. The molecular weight excluding hydrogens is 422 g/mol. The van der Waals surface area contributed by atoms with Crippen molar-refractivity contribution < 1.29 is 24.2 Å². The summed E-state index contributed by atoms with van der Waals surface area (Å²) in [5, 5.41) is 11.0. The average molecular weight is 443 g/mol. The Hall–Kier alpha value is -4.33. The van der Waals surface area contributed by atoms with Crippen LogP contribution in [0, 0.1) is 0 Å². The number of hydrogen-bond acceptors (Lipinski definition) is 7. The quantitative estimate of drug-likeness (QED) is 0.269. The first-order valence-electron chi connectivity index (χ1n) is 10.4. The summed E-state index contributed by atoms with van der Waals surface area (Å²) in [6.07, 6.45) is 6.13. The van der Waals surface area contributed by atoms with Crippen molar-refractivity contribution in [3.8, 4) is 0 Å². The molecule has 33 heavy (non-hydrogen) atoms. The number of aliphatic hydroxyl groups excluding tert-OH is 1. The van der Waals surface area contributed by atoms with Gasteiger partial charge in [0.05, 0.1) is 23.8 Å². The van der Waals surface area contributed by atoms with E-state index in [0.29, 0.717) is 22.3 Å². The van der Waals surface area contributed by atoms with Crippen LogP contribution in [-0.4, -0.2) is 44.2 Å². The molecule has 1 aromatic carbocycles. The Bertz CT molecular complexity index is 1210. The Morgan fingerprint density at radius 3 is 2.15 bits per heavy atom. The van der Waals surface area contributed by atoms with Gasteiger partial charge in [-0.2, -0.15) is 0 Å². The van der Waals surface area contributed by atoms with Gasteiger partial charge in [-0.3, -0.25) is 19.6 Å². The summed E-state index contributed by atoms with van der Waals surface area (Å²) in [4.78, 5) is 47.3. The molecule has 0 saturated carbocycles. The van der Waals surface area contributed by atoms with Crippen LogP contribution < -0.4 is 0 Å². The van der Waals surface area contributed by atoms with Gasteiger partial charge in [-0.05, 0) is 54.4 Å². The van der Waals surface area contributed by atoms with Crippen LogP contribution in [0.3, 0.4) is 0 Å². The number of Topliss-reactive ketones (excluding diaryl/α,β-unsaturated/α-hetero) is 1. The highest BCUT2D eigenvalue weighted by Gasteiger charge is 2.46. The third kappa shape index (κ3) is 4.36. The topological polar surface area (TPSA) is 110 Å². The third-order valence-corrected chi connectivity index (χ3v) is 5.33. The maximum Gasteiger partial charge on any atom is 0.338 e. The average Bonchev–Trinajstić information content (AvgIpc) is 3.10. The van der Waals surface area contributed by atoms with E-state index in [1.165, 1.54) is 17.3 Å². The number of benzene rings is 1. The Kier molecular flexibility index (Phi) is 6.26.